The van der Waals surface area contributed by atoms with Crippen LogP contribution < -0.4 is 0 Å². The summed E-state index contributed by atoms with van der Waals surface area (Å²) in [5.41, 5.74) is 0. The molecule has 0 amide bonds. The van der Waals surface area contributed by atoms with Crippen molar-refractivity contribution < 1.29 is 29.2 Å². The molecule has 33 heavy (non-hydrogen) atoms. The van der Waals surface area contributed by atoms with Crippen LogP contribution in [0.5, 0.6) is 0 Å². The molecular formula is C25H46Br2O6. The molecule has 0 aromatic carbocycles. The molecule has 0 aliphatic carbocycles. The number of ether oxygens (including phenoxy) is 3. The Labute approximate surface area is 217 Å². The minimum Gasteiger partial charge on any atom is -0.460 e. The summed E-state index contributed by atoms with van der Waals surface area (Å²) >= 11 is 7.28. The van der Waals surface area contributed by atoms with Crippen LogP contribution in [0.15, 0.2) is 0 Å². The zero-order valence-corrected chi connectivity index (χ0v) is 24.4. The molecule has 0 aromatic heterocycles. The summed E-state index contributed by atoms with van der Waals surface area (Å²) in [6.07, 6.45) is 6.16. The number of alkyl halides is 2. The van der Waals surface area contributed by atoms with E-state index in [4.69, 9.17) is 14.2 Å². The lowest BCUT2D eigenvalue weighted by Crippen LogP contribution is -2.40. The number of rotatable bonds is 5. The predicted octanol–water partition coefficient (Wildman–Crippen LogP) is 5.52. The molecule has 2 heterocycles. The van der Waals surface area contributed by atoms with E-state index in [0.717, 1.165) is 38.5 Å². The van der Waals surface area contributed by atoms with E-state index in [1.807, 2.05) is 6.92 Å². The molecule has 2 rings (SSSR count). The predicted molar refractivity (Wildman–Crippen MR) is 139 cm³/mol. The maximum atomic E-state index is 11.0. The highest BCUT2D eigenvalue weighted by Crippen LogP contribution is 2.28. The number of hydrogen-bond donors (Lipinski definition) is 2. The molecule has 0 bridgehead atoms. The number of carbonyl (C=O) groups excluding carboxylic acids is 1. The van der Waals surface area contributed by atoms with Crippen LogP contribution in [0.1, 0.15) is 92.9 Å². The molecule has 2 aliphatic rings. The molecule has 8 heteroatoms. The maximum Gasteiger partial charge on any atom is 0.302 e. The average Bonchev–Trinajstić information content (AvgIpc) is 2.75. The SMILES string of the molecule is CC[C@H](Br)[C@@H]1CC[C@@H](C)[C@H](O)C[C@@H](C)O1.CC[C@H](Br)[C@@H]1CC[C@@H](O)[C@H](OC(C)=O)C[C@@H](C)O1. The van der Waals surface area contributed by atoms with Gasteiger partial charge in [-0.2, -0.15) is 0 Å². The highest BCUT2D eigenvalue weighted by atomic mass is 79.9. The summed E-state index contributed by atoms with van der Waals surface area (Å²) in [4.78, 5) is 11.7. The van der Waals surface area contributed by atoms with Crippen LogP contribution >= 0.6 is 31.9 Å². The van der Waals surface area contributed by atoms with Crippen molar-refractivity contribution in [1.82, 2.24) is 0 Å². The van der Waals surface area contributed by atoms with E-state index < -0.39 is 12.2 Å². The molecule has 2 fully saturated rings. The Balaban J connectivity index is 0.000000335. The lowest BCUT2D eigenvalue weighted by Gasteiger charge is -2.33. The van der Waals surface area contributed by atoms with Gasteiger partial charge in [-0.15, -0.1) is 0 Å². The van der Waals surface area contributed by atoms with Gasteiger partial charge >= 0.3 is 5.97 Å². The summed E-state index contributed by atoms with van der Waals surface area (Å²) in [7, 11) is 0. The molecule has 6 nitrogen and oxygen atoms in total. The van der Waals surface area contributed by atoms with E-state index in [1.165, 1.54) is 6.92 Å². The first kappa shape index (κ1) is 31.3. The fourth-order valence-corrected chi connectivity index (χ4v) is 5.22. The van der Waals surface area contributed by atoms with Crippen molar-refractivity contribution in [3.63, 3.8) is 0 Å². The summed E-state index contributed by atoms with van der Waals surface area (Å²) in [6, 6.07) is 0. The number of esters is 1. The first-order valence-corrected chi connectivity index (χ1v) is 14.4. The van der Waals surface area contributed by atoms with Gasteiger partial charge in [-0.05, 0) is 64.7 Å². The van der Waals surface area contributed by atoms with Crippen molar-refractivity contribution in [2.24, 2.45) is 5.92 Å². The number of aliphatic hydroxyl groups excluding tert-OH is 2. The van der Waals surface area contributed by atoms with Gasteiger partial charge in [-0.3, -0.25) is 4.79 Å². The Hall–Kier alpha value is 0.270. The lowest BCUT2D eigenvalue weighted by molar-refractivity contribution is -0.159. The standard InChI is InChI=1S/C13H23BrO4.C12H23BrO2/c1-4-10(14)12-6-5-11(16)13(18-9(3)15)7-8(2)17-12;1-4-10(13)12-6-5-8(2)11(14)7-9(3)15-12/h8,10-13,16H,4-7H2,1-3H3;8-12,14H,4-7H2,1-3H3/t8-,10+,11-,12+,13-;8-,9-,10+,11-,12+/m11/s1. The van der Waals surface area contributed by atoms with E-state index in [-0.39, 0.29) is 30.4 Å². The van der Waals surface area contributed by atoms with Crippen LogP contribution in [0.2, 0.25) is 0 Å². The fraction of sp³-hybridized carbons (Fsp3) is 0.960. The van der Waals surface area contributed by atoms with Crippen molar-refractivity contribution in [3.05, 3.63) is 0 Å². The Morgan fingerprint density at radius 1 is 0.879 bits per heavy atom. The van der Waals surface area contributed by atoms with Gasteiger partial charge in [0.15, 0.2) is 0 Å². The van der Waals surface area contributed by atoms with Gasteiger partial charge in [0, 0.05) is 23.0 Å². The summed E-state index contributed by atoms with van der Waals surface area (Å²) in [5, 5.41) is 19.9. The monoisotopic (exact) mass is 600 g/mol. The van der Waals surface area contributed by atoms with Crippen LogP contribution in [-0.4, -0.2) is 68.6 Å². The van der Waals surface area contributed by atoms with Crippen molar-refractivity contribution in [2.75, 3.05) is 0 Å². The largest absolute Gasteiger partial charge is 0.460 e. The van der Waals surface area contributed by atoms with Gasteiger partial charge in [-0.1, -0.05) is 52.6 Å². The van der Waals surface area contributed by atoms with Crippen LogP contribution in [-0.2, 0) is 19.0 Å². The first-order chi connectivity index (χ1) is 15.5. The van der Waals surface area contributed by atoms with Crippen LogP contribution in [0.25, 0.3) is 0 Å². The molecule has 2 aliphatic heterocycles. The number of carbonyl (C=O) groups is 1. The van der Waals surface area contributed by atoms with Gasteiger partial charge in [0.05, 0.1) is 36.6 Å². The third-order valence-corrected chi connectivity index (χ3v) is 9.07. The van der Waals surface area contributed by atoms with Crippen LogP contribution in [0, 0.1) is 5.92 Å². The Bertz CT molecular complexity index is 551. The van der Waals surface area contributed by atoms with E-state index >= 15 is 0 Å². The highest BCUT2D eigenvalue weighted by molar-refractivity contribution is 9.09. The highest BCUT2D eigenvalue weighted by Gasteiger charge is 2.32. The zero-order valence-electron chi connectivity index (χ0n) is 21.2. The second-order valence-corrected chi connectivity index (χ2v) is 12.1. The number of aliphatic hydroxyl groups is 2. The second kappa shape index (κ2) is 16.1. The van der Waals surface area contributed by atoms with Gasteiger partial charge in [0.1, 0.15) is 6.10 Å². The third kappa shape index (κ3) is 11.7. The minimum absolute atomic E-state index is 0.0269. The van der Waals surface area contributed by atoms with E-state index in [2.05, 4.69) is 59.6 Å². The number of hydrogen-bond acceptors (Lipinski definition) is 6. The molecular weight excluding hydrogens is 556 g/mol. The van der Waals surface area contributed by atoms with Crippen molar-refractivity contribution in [2.45, 2.75) is 145 Å². The lowest BCUT2D eigenvalue weighted by atomic mass is 9.91. The molecule has 0 unspecified atom stereocenters. The van der Waals surface area contributed by atoms with E-state index in [0.29, 0.717) is 34.5 Å². The molecule has 2 saturated heterocycles. The molecule has 0 aromatic rings. The molecule has 0 spiro atoms. The van der Waals surface area contributed by atoms with Gasteiger partial charge in [-0.25, -0.2) is 0 Å². The molecule has 2 N–H and O–H groups in total. The molecule has 0 saturated carbocycles. The molecule has 0 radical (unpaired) electrons. The Morgan fingerprint density at radius 3 is 1.85 bits per heavy atom. The smallest absolute Gasteiger partial charge is 0.302 e. The van der Waals surface area contributed by atoms with Gasteiger partial charge < -0.3 is 24.4 Å². The van der Waals surface area contributed by atoms with Crippen LogP contribution in [0.3, 0.4) is 0 Å². The fourth-order valence-electron chi connectivity index (χ4n) is 4.44. The van der Waals surface area contributed by atoms with Crippen molar-refractivity contribution in [3.8, 4) is 0 Å². The third-order valence-electron chi connectivity index (χ3n) is 6.60. The summed E-state index contributed by atoms with van der Waals surface area (Å²) in [5.74, 6) is 0.0469. The van der Waals surface area contributed by atoms with E-state index in [1.54, 1.807) is 0 Å². The normalized spacial score (nSPS) is 37.8. The molecule has 196 valence electrons. The van der Waals surface area contributed by atoms with Crippen molar-refractivity contribution >= 4 is 37.8 Å². The molecule has 10 atom stereocenters. The summed E-state index contributed by atoms with van der Waals surface area (Å²) < 4.78 is 17.1. The maximum absolute atomic E-state index is 11.0. The Morgan fingerprint density at radius 2 is 1.36 bits per heavy atom. The van der Waals surface area contributed by atoms with Crippen molar-refractivity contribution in [1.29, 1.82) is 0 Å². The topological polar surface area (TPSA) is 85.2 Å². The van der Waals surface area contributed by atoms with Gasteiger partial charge in [0.2, 0.25) is 0 Å². The zero-order chi connectivity index (χ0) is 25.1. The second-order valence-electron chi connectivity index (χ2n) is 9.70. The quantitative estimate of drug-likeness (QED) is 0.319. The Kier molecular flexibility index (Phi) is 15.3. The average molecular weight is 602 g/mol. The van der Waals surface area contributed by atoms with Crippen LogP contribution in [0.4, 0.5) is 0 Å². The summed E-state index contributed by atoms with van der Waals surface area (Å²) in [6.45, 7) is 11.8. The minimum atomic E-state index is -0.598. The van der Waals surface area contributed by atoms with Gasteiger partial charge in [0.25, 0.3) is 0 Å². The van der Waals surface area contributed by atoms with E-state index in [9.17, 15) is 15.0 Å². The first-order valence-electron chi connectivity index (χ1n) is 12.6. The number of halogens is 2.